The Balaban J connectivity index is 2.08. The predicted molar refractivity (Wildman–Crippen MR) is 51.3 cm³/mol. The van der Waals surface area contributed by atoms with E-state index in [0.29, 0.717) is 18.5 Å². The zero-order valence-electron chi connectivity index (χ0n) is 7.73. The van der Waals surface area contributed by atoms with Crippen molar-refractivity contribution < 1.29 is 19.5 Å². The van der Waals surface area contributed by atoms with E-state index in [-0.39, 0.29) is 0 Å². The smallest absolute Gasteiger partial charge is 0.321 e. The quantitative estimate of drug-likeness (QED) is 0.613. The molecule has 15 heavy (non-hydrogen) atoms. The second-order valence-corrected chi connectivity index (χ2v) is 4.30. The van der Waals surface area contributed by atoms with Gasteiger partial charge in [0.15, 0.2) is 5.50 Å². The predicted octanol–water partition coefficient (Wildman–Crippen LogP) is -0.628. The molecule has 0 aromatic heterocycles. The molecule has 1 amide bonds. The number of carbonyl (C=O) groups excluding carboxylic acids is 2. The maximum absolute atomic E-state index is 11.0. The summed E-state index contributed by atoms with van der Waals surface area (Å²) in [6, 6.07) is -0.626. The number of hydrogen-bond acceptors (Lipinski definition) is 5. The van der Waals surface area contributed by atoms with Crippen LogP contribution in [0.2, 0.25) is 0 Å². The number of aliphatic carboxylic acids is 1. The third kappa shape index (κ3) is 1.84. The van der Waals surface area contributed by atoms with Gasteiger partial charge in [-0.1, -0.05) is 0 Å². The van der Waals surface area contributed by atoms with Crippen molar-refractivity contribution in [3.8, 4) is 0 Å². The highest BCUT2D eigenvalue weighted by Gasteiger charge is 2.43. The molecule has 0 saturated carbocycles. The van der Waals surface area contributed by atoms with Gasteiger partial charge < -0.3 is 10.4 Å². The summed E-state index contributed by atoms with van der Waals surface area (Å²) >= 11 is 0.772. The van der Waals surface area contributed by atoms with E-state index in [1.807, 2.05) is 0 Å². The van der Waals surface area contributed by atoms with E-state index < -0.39 is 23.0 Å². The third-order valence-corrected chi connectivity index (χ3v) is 3.29. The van der Waals surface area contributed by atoms with Crippen molar-refractivity contribution in [3.05, 3.63) is 5.50 Å². The number of nitrogens with zero attached hydrogens (tertiary/aromatic N) is 1. The van der Waals surface area contributed by atoms with Gasteiger partial charge in [0.1, 0.15) is 6.04 Å². The second-order valence-electron chi connectivity index (χ2n) is 3.34. The van der Waals surface area contributed by atoms with Crippen LogP contribution in [-0.4, -0.2) is 39.6 Å². The summed E-state index contributed by atoms with van der Waals surface area (Å²) in [7, 11) is 0. The summed E-state index contributed by atoms with van der Waals surface area (Å²) in [6.45, 7) is 0.562. The summed E-state index contributed by atoms with van der Waals surface area (Å²) in [6.07, 6.45) is 1.30. The Morgan fingerprint density at radius 3 is 2.80 bits per heavy atom. The first-order valence-electron chi connectivity index (χ1n) is 4.49. The van der Waals surface area contributed by atoms with Gasteiger partial charge in [0.2, 0.25) is 0 Å². The molecule has 0 aromatic rings. The molecule has 2 aliphatic rings. The molecule has 7 heteroatoms. The van der Waals surface area contributed by atoms with Gasteiger partial charge >= 0.3 is 11.9 Å². The molecule has 0 bridgehead atoms. The fourth-order valence-electron chi connectivity index (χ4n) is 1.70. The van der Waals surface area contributed by atoms with Gasteiger partial charge in [-0.2, -0.15) is 0 Å². The normalized spacial score (nSPS) is 28.4. The minimum absolute atomic E-state index is 0.356. The van der Waals surface area contributed by atoms with E-state index in [0.717, 1.165) is 18.2 Å². The lowest BCUT2D eigenvalue weighted by atomic mass is 10.2. The number of carboxylic acid groups (broad SMARTS) is 1. The highest BCUT2D eigenvalue weighted by molar-refractivity contribution is 8.18. The molecule has 0 aliphatic carbocycles. The molecule has 1 radical (unpaired) electrons. The number of likely N-dealkylation sites (tertiary alicyclic amines) is 1. The number of hydrogen-bond donors (Lipinski definition) is 2. The SMILES string of the molecule is O=C1N[C](N2CCCC2C(=O)O)SC1=O. The van der Waals surface area contributed by atoms with Crippen molar-refractivity contribution in [2.45, 2.75) is 18.9 Å². The standard InChI is InChI=1S/C8H9N2O4S/c11-5-7(14)15-8(9-5)10-3-1-2-4(10)6(12)13/h4H,1-3H2,(H,9,11)(H,12,13). The fraction of sp³-hybridized carbons (Fsp3) is 0.500. The molecule has 2 rings (SSSR count). The van der Waals surface area contributed by atoms with Gasteiger partial charge in [-0.25, -0.2) is 0 Å². The highest BCUT2D eigenvalue weighted by atomic mass is 32.2. The third-order valence-electron chi connectivity index (χ3n) is 2.39. The number of amides is 1. The van der Waals surface area contributed by atoms with E-state index >= 15 is 0 Å². The van der Waals surface area contributed by atoms with Crippen LogP contribution < -0.4 is 5.32 Å². The molecule has 2 aliphatic heterocycles. The maximum atomic E-state index is 11.0. The number of rotatable bonds is 2. The molecule has 2 N–H and O–H groups in total. The fourth-order valence-corrected chi connectivity index (χ4v) is 2.50. The Labute approximate surface area is 90.0 Å². The Bertz CT molecular complexity index is 317. The van der Waals surface area contributed by atoms with Crippen LogP contribution in [-0.2, 0) is 14.4 Å². The average molecular weight is 229 g/mol. The van der Waals surface area contributed by atoms with Crippen LogP contribution in [0.4, 0.5) is 0 Å². The monoisotopic (exact) mass is 229 g/mol. The van der Waals surface area contributed by atoms with Crippen LogP contribution in [0.1, 0.15) is 12.8 Å². The molecule has 81 valence electrons. The first-order chi connectivity index (χ1) is 7.09. The van der Waals surface area contributed by atoms with Crippen molar-refractivity contribution in [2.24, 2.45) is 0 Å². The molecule has 6 nitrogen and oxygen atoms in total. The first kappa shape index (κ1) is 10.4. The minimum Gasteiger partial charge on any atom is -0.480 e. The Morgan fingerprint density at radius 2 is 2.27 bits per heavy atom. The lowest BCUT2D eigenvalue weighted by Crippen LogP contribution is -2.42. The Kier molecular flexibility index (Phi) is 2.66. The maximum Gasteiger partial charge on any atom is 0.321 e. The topological polar surface area (TPSA) is 86.7 Å². The molecule has 1 atom stereocenters. The Hall–Kier alpha value is -1.08. The highest BCUT2D eigenvalue weighted by Crippen LogP contribution is 2.33. The van der Waals surface area contributed by atoms with Crippen LogP contribution in [0, 0.1) is 5.50 Å². The van der Waals surface area contributed by atoms with E-state index in [2.05, 4.69) is 5.32 Å². The van der Waals surface area contributed by atoms with E-state index in [1.165, 1.54) is 0 Å². The lowest BCUT2D eigenvalue weighted by molar-refractivity contribution is -0.142. The summed E-state index contributed by atoms with van der Waals surface area (Å²) < 4.78 is 0. The molecule has 0 spiro atoms. The van der Waals surface area contributed by atoms with E-state index in [4.69, 9.17) is 5.11 Å². The van der Waals surface area contributed by atoms with Gasteiger partial charge in [0.25, 0.3) is 5.12 Å². The van der Waals surface area contributed by atoms with Gasteiger partial charge in [-0.3, -0.25) is 19.3 Å². The van der Waals surface area contributed by atoms with Crippen LogP contribution in [0.5, 0.6) is 0 Å². The second kappa shape index (κ2) is 3.82. The summed E-state index contributed by atoms with van der Waals surface area (Å²) in [5.41, 5.74) is 0.356. The summed E-state index contributed by atoms with van der Waals surface area (Å²) in [5.74, 6) is -1.60. The Morgan fingerprint density at radius 1 is 1.53 bits per heavy atom. The molecule has 2 fully saturated rings. The van der Waals surface area contributed by atoms with Gasteiger partial charge in [0.05, 0.1) is 0 Å². The number of carbonyl (C=O) groups is 3. The van der Waals surface area contributed by atoms with Crippen molar-refractivity contribution in [1.29, 1.82) is 0 Å². The van der Waals surface area contributed by atoms with Crippen molar-refractivity contribution in [3.63, 3.8) is 0 Å². The molecule has 2 saturated heterocycles. The van der Waals surface area contributed by atoms with Crippen molar-refractivity contribution in [1.82, 2.24) is 10.2 Å². The summed E-state index contributed by atoms with van der Waals surface area (Å²) in [4.78, 5) is 34.4. The largest absolute Gasteiger partial charge is 0.480 e. The molecular weight excluding hydrogens is 220 g/mol. The van der Waals surface area contributed by atoms with Crippen LogP contribution in [0.25, 0.3) is 0 Å². The molecular formula is C8H9N2O4S. The zero-order valence-corrected chi connectivity index (χ0v) is 8.54. The lowest BCUT2D eigenvalue weighted by Gasteiger charge is -2.24. The molecule has 1 unspecified atom stereocenters. The van der Waals surface area contributed by atoms with Crippen LogP contribution in [0.15, 0.2) is 0 Å². The van der Waals surface area contributed by atoms with Crippen LogP contribution in [0.3, 0.4) is 0 Å². The zero-order chi connectivity index (χ0) is 11.0. The molecule has 0 aromatic carbocycles. The van der Waals surface area contributed by atoms with Gasteiger partial charge in [-0.05, 0) is 24.6 Å². The van der Waals surface area contributed by atoms with Gasteiger partial charge in [-0.15, -0.1) is 0 Å². The minimum atomic E-state index is -0.922. The number of nitrogens with one attached hydrogen (secondary N) is 1. The van der Waals surface area contributed by atoms with E-state index in [1.54, 1.807) is 4.90 Å². The number of carboxylic acids is 1. The average Bonchev–Trinajstić information content (AvgIpc) is 2.73. The van der Waals surface area contributed by atoms with Crippen molar-refractivity contribution in [2.75, 3.05) is 6.54 Å². The first-order valence-corrected chi connectivity index (χ1v) is 5.31. The molecule has 2 heterocycles. The van der Waals surface area contributed by atoms with Gasteiger partial charge in [0, 0.05) is 6.54 Å². The van der Waals surface area contributed by atoms with Crippen LogP contribution >= 0.6 is 11.8 Å². The van der Waals surface area contributed by atoms with Crippen molar-refractivity contribution >= 4 is 28.8 Å². The van der Waals surface area contributed by atoms with E-state index in [9.17, 15) is 14.4 Å². The summed E-state index contributed by atoms with van der Waals surface area (Å²) in [5, 5.41) is 10.7. The number of thioether (sulfide) groups is 1.